The van der Waals surface area contributed by atoms with Gasteiger partial charge in [-0.05, 0) is 43.9 Å². The Kier molecular flexibility index (Phi) is 2.58. The molecular weight excluding hydrogens is 220 g/mol. The first-order valence-electron chi connectivity index (χ1n) is 6.57. The number of carbonyl (C=O) groups excluding carboxylic acids is 1. The molecule has 3 aliphatic rings. The van der Waals surface area contributed by atoms with Crippen molar-refractivity contribution in [1.29, 1.82) is 0 Å². The van der Waals surface area contributed by atoms with Crippen molar-refractivity contribution in [2.45, 2.75) is 37.7 Å². The van der Waals surface area contributed by atoms with Crippen LogP contribution in [-0.4, -0.2) is 41.4 Å². The summed E-state index contributed by atoms with van der Waals surface area (Å²) in [6.07, 6.45) is 4.51. The van der Waals surface area contributed by atoms with Gasteiger partial charge in [-0.25, -0.2) is 0 Å². The van der Waals surface area contributed by atoms with Gasteiger partial charge in [0.1, 0.15) is 5.60 Å². The van der Waals surface area contributed by atoms with E-state index in [9.17, 15) is 15.0 Å². The molecule has 3 atom stereocenters. The van der Waals surface area contributed by atoms with Crippen LogP contribution in [0.15, 0.2) is 0 Å². The second kappa shape index (κ2) is 3.77. The number of Topliss-reactive ketones (excluding diaryl/α,β-unsaturated/α-hetero) is 1. The molecule has 2 bridgehead atoms. The average Bonchev–Trinajstić information content (AvgIpc) is 2.71. The zero-order chi connectivity index (χ0) is 12.1. The largest absolute Gasteiger partial charge is 0.395 e. The SMILES string of the molecule is O=C1C(CO)(CO)CCC2CCC3COC12C3. The van der Waals surface area contributed by atoms with Gasteiger partial charge in [0, 0.05) is 0 Å². The lowest BCUT2D eigenvalue weighted by molar-refractivity contribution is -0.172. The molecule has 2 N–H and O–H groups in total. The maximum Gasteiger partial charge on any atom is 0.175 e. The van der Waals surface area contributed by atoms with Gasteiger partial charge in [0.05, 0.1) is 25.2 Å². The first-order chi connectivity index (χ1) is 8.17. The predicted molar refractivity (Wildman–Crippen MR) is 60.4 cm³/mol. The number of carbonyl (C=O) groups is 1. The van der Waals surface area contributed by atoms with Gasteiger partial charge in [0.2, 0.25) is 0 Å². The highest BCUT2D eigenvalue weighted by Crippen LogP contribution is 2.54. The molecule has 0 aromatic carbocycles. The van der Waals surface area contributed by atoms with Gasteiger partial charge in [-0.2, -0.15) is 0 Å². The van der Waals surface area contributed by atoms with Gasteiger partial charge in [0.15, 0.2) is 5.78 Å². The summed E-state index contributed by atoms with van der Waals surface area (Å²) in [5.74, 6) is 0.775. The van der Waals surface area contributed by atoms with Crippen LogP contribution in [0.25, 0.3) is 0 Å². The second-order valence-electron chi connectivity index (χ2n) is 6.01. The molecule has 0 aromatic rings. The molecule has 2 saturated carbocycles. The summed E-state index contributed by atoms with van der Waals surface area (Å²) in [6, 6.07) is 0. The third-order valence-electron chi connectivity index (χ3n) is 5.19. The van der Waals surface area contributed by atoms with Gasteiger partial charge in [0.25, 0.3) is 0 Å². The lowest BCUT2D eigenvalue weighted by Gasteiger charge is -2.48. The van der Waals surface area contributed by atoms with Crippen LogP contribution >= 0.6 is 0 Å². The normalized spacial score (nSPS) is 43.5. The Labute approximate surface area is 101 Å². The third kappa shape index (κ3) is 1.38. The summed E-state index contributed by atoms with van der Waals surface area (Å²) in [6.45, 7) is 0.158. The summed E-state index contributed by atoms with van der Waals surface area (Å²) in [4.78, 5) is 12.7. The molecule has 1 saturated heterocycles. The van der Waals surface area contributed by atoms with Gasteiger partial charge in [-0.3, -0.25) is 4.79 Å². The van der Waals surface area contributed by atoms with E-state index < -0.39 is 11.0 Å². The highest BCUT2D eigenvalue weighted by atomic mass is 16.5. The van der Waals surface area contributed by atoms with Gasteiger partial charge < -0.3 is 14.9 Å². The van der Waals surface area contributed by atoms with Crippen molar-refractivity contribution in [3.8, 4) is 0 Å². The highest BCUT2D eigenvalue weighted by Gasteiger charge is 2.62. The standard InChI is InChI=1S/C13H20O4/c14-7-12(8-15)4-3-10-2-1-9-5-13(10,11(12)16)17-6-9/h9-10,14-15H,1-8H2. The zero-order valence-corrected chi connectivity index (χ0v) is 10.0. The smallest absolute Gasteiger partial charge is 0.175 e. The molecule has 1 heterocycles. The summed E-state index contributed by atoms with van der Waals surface area (Å²) < 4.78 is 5.87. The Morgan fingerprint density at radius 2 is 2.00 bits per heavy atom. The molecule has 0 amide bonds. The topological polar surface area (TPSA) is 66.8 Å². The van der Waals surface area contributed by atoms with Crippen molar-refractivity contribution in [3.63, 3.8) is 0 Å². The second-order valence-corrected chi connectivity index (χ2v) is 6.01. The number of hydrogen-bond acceptors (Lipinski definition) is 4. The lowest BCUT2D eigenvalue weighted by atomic mass is 9.57. The van der Waals surface area contributed by atoms with Gasteiger partial charge >= 0.3 is 0 Å². The van der Waals surface area contributed by atoms with Crippen molar-refractivity contribution < 1.29 is 19.7 Å². The quantitative estimate of drug-likeness (QED) is 0.738. The molecule has 0 aromatic heterocycles. The van der Waals surface area contributed by atoms with Crippen LogP contribution in [0.5, 0.6) is 0 Å². The fraction of sp³-hybridized carbons (Fsp3) is 0.923. The minimum atomic E-state index is -0.956. The van der Waals surface area contributed by atoms with E-state index in [1.807, 2.05) is 0 Å². The van der Waals surface area contributed by atoms with E-state index in [0.29, 0.717) is 24.9 Å². The van der Waals surface area contributed by atoms with Crippen LogP contribution in [0.4, 0.5) is 0 Å². The first kappa shape index (κ1) is 11.6. The molecule has 4 nitrogen and oxygen atoms in total. The molecule has 4 heteroatoms. The summed E-state index contributed by atoms with van der Waals surface area (Å²) >= 11 is 0. The predicted octanol–water partition coefficient (Wildman–Crippen LogP) is 0.506. The summed E-state index contributed by atoms with van der Waals surface area (Å²) in [5.41, 5.74) is -1.63. The van der Waals surface area contributed by atoms with E-state index in [1.54, 1.807) is 0 Å². The van der Waals surface area contributed by atoms with Crippen LogP contribution in [0, 0.1) is 17.3 Å². The monoisotopic (exact) mass is 240 g/mol. The molecule has 96 valence electrons. The minimum absolute atomic E-state index is 0.0338. The number of ether oxygens (including phenoxy) is 1. The van der Waals surface area contributed by atoms with Crippen LogP contribution in [0.1, 0.15) is 32.1 Å². The number of aliphatic hydroxyl groups is 2. The van der Waals surface area contributed by atoms with E-state index in [2.05, 4.69) is 0 Å². The Hall–Kier alpha value is -0.450. The maximum absolute atomic E-state index is 12.7. The lowest BCUT2D eigenvalue weighted by Crippen LogP contribution is -2.60. The first-order valence-corrected chi connectivity index (χ1v) is 6.57. The van der Waals surface area contributed by atoms with Crippen LogP contribution in [0.3, 0.4) is 0 Å². The molecular formula is C13H20O4. The maximum atomic E-state index is 12.7. The average molecular weight is 240 g/mol. The van der Waals surface area contributed by atoms with E-state index in [-0.39, 0.29) is 19.0 Å². The molecule has 0 radical (unpaired) electrons. The molecule has 3 rings (SSSR count). The molecule has 2 aliphatic carbocycles. The zero-order valence-electron chi connectivity index (χ0n) is 10.0. The molecule has 17 heavy (non-hydrogen) atoms. The van der Waals surface area contributed by atoms with E-state index in [1.165, 1.54) is 0 Å². The number of aliphatic hydroxyl groups excluding tert-OH is 2. The Morgan fingerprint density at radius 1 is 1.24 bits per heavy atom. The van der Waals surface area contributed by atoms with Crippen LogP contribution in [0.2, 0.25) is 0 Å². The fourth-order valence-electron chi connectivity index (χ4n) is 4.04. The van der Waals surface area contributed by atoms with Crippen molar-refractivity contribution >= 4 is 5.78 Å². The van der Waals surface area contributed by atoms with E-state index >= 15 is 0 Å². The van der Waals surface area contributed by atoms with Crippen LogP contribution in [-0.2, 0) is 9.53 Å². The summed E-state index contributed by atoms with van der Waals surface area (Å²) in [5, 5.41) is 19.0. The summed E-state index contributed by atoms with van der Waals surface area (Å²) in [7, 11) is 0. The number of rotatable bonds is 2. The fourth-order valence-corrected chi connectivity index (χ4v) is 4.04. The van der Waals surface area contributed by atoms with Crippen molar-refractivity contribution in [2.75, 3.05) is 19.8 Å². The number of ketones is 1. The van der Waals surface area contributed by atoms with Crippen molar-refractivity contribution in [3.05, 3.63) is 0 Å². The Bertz CT molecular complexity index is 336. The Morgan fingerprint density at radius 3 is 2.71 bits per heavy atom. The Balaban J connectivity index is 1.97. The molecule has 1 spiro atoms. The molecule has 3 fully saturated rings. The number of hydrogen-bond donors (Lipinski definition) is 2. The van der Waals surface area contributed by atoms with Gasteiger partial charge in [-0.15, -0.1) is 0 Å². The van der Waals surface area contributed by atoms with Gasteiger partial charge in [-0.1, -0.05) is 0 Å². The molecule has 3 unspecified atom stereocenters. The van der Waals surface area contributed by atoms with E-state index in [4.69, 9.17) is 4.74 Å². The van der Waals surface area contributed by atoms with Crippen LogP contribution < -0.4 is 0 Å². The van der Waals surface area contributed by atoms with Crippen molar-refractivity contribution in [2.24, 2.45) is 17.3 Å². The van der Waals surface area contributed by atoms with E-state index in [0.717, 1.165) is 25.7 Å². The highest BCUT2D eigenvalue weighted by molar-refractivity contribution is 5.94. The number of fused-ring (bicyclic) bond motifs is 1. The minimum Gasteiger partial charge on any atom is -0.395 e. The molecule has 1 aliphatic heterocycles. The third-order valence-corrected chi connectivity index (χ3v) is 5.19. The van der Waals surface area contributed by atoms with Crippen molar-refractivity contribution in [1.82, 2.24) is 0 Å².